The number of aliphatic hydroxyl groups excluding tert-OH is 1. The van der Waals surface area contributed by atoms with Gasteiger partial charge in [-0.05, 0) is 17.7 Å². The van der Waals surface area contributed by atoms with Gasteiger partial charge in [0.2, 0.25) is 6.79 Å². The third-order valence-corrected chi connectivity index (χ3v) is 3.21. The van der Waals surface area contributed by atoms with E-state index in [2.05, 4.69) is 0 Å². The lowest BCUT2D eigenvalue weighted by molar-refractivity contribution is -0.103. The summed E-state index contributed by atoms with van der Waals surface area (Å²) in [6, 6.07) is 5.72. The topological polar surface area (TPSA) is 57.2 Å². The van der Waals surface area contributed by atoms with Crippen LogP contribution in [0.25, 0.3) is 6.08 Å². The molecule has 106 valence electrons. The highest BCUT2D eigenvalue weighted by atomic mass is 16.7. The third kappa shape index (κ3) is 2.79. The number of hydrogen-bond donors (Lipinski definition) is 1. The zero-order valence-corrected chi connectivity index (χ0v) is 11.1. The predicted octanol–water partition coefficient (Wildman–Crippen LogP) is 2.07. The number of ether oxygens (including phenoxy) is 4. The highest BCUT2D eigenvalue weighted by molar-refractivity contribution is 5.56. The fourth-order valence-electron chi connectivity index (χ4n) is 2.19. The number of rotatable bonds is 3. The summed E-state index contributed by atoms with van der Waals surface area (Å²) in [5.74, 6) is 2.23. The molecule has 1 aromatic rings. The van der Waals surface area contributed by atoms with Crippen molar-refractivity contribution in [2.45, 2.75) is 18.8 Å². The minimum Gasteiger partial charge on any atom is -0.501 e. The van der Waals surface area contributed by atoms with Gasteiger partial charge in [0.05, 0.1) is 19.0 Å². The molecule has 1 aromatic carbocycles. The van der Waals surface area contributed by atoms with E-state index in [1.807, 2.05) is 30.4 Å². The second-order valence-electron chi connectivity index (χ2n) is 4.58. The first kappa shape index (κ1) is 13.0. The van der Waals surface area contributed by atoms with Crippen LogP contribution in [0.2, 0.25) is 0 Å². The van der Waals surface area contributed by atoms with E-state index in [0.29, 0.717) is 6.42 Å². The van der Waals surface area contributed by atoms with Crippen LogP contribution < -0.4 is 9.47 Å². The molecular weight excluding hydrogens is 260 g/mol. The second-order valence-corrected chi connectivity index (χ2v) is 4.58. The van der Waals surface area contributed by atoms with Crippen molar-refractivity contribution >= 4 is 6.08 Å². The molecule has 5 heteroatoms. The van der Waals surface area contributed by atoms with Gasteiger partial charge in [0.15, 0.2) is 17.8 Å². The smallest absolute Gasteiger partial charge is 0.231 e. The molecule has 2 atom stereocenters. The summed E-state index contributed by atoms with van der Waals surface area (Å²) in [6.45, 7) is 0.266. The van der Waals surface area contributed by atoms with E-state index in [0.717, 1.165) is 22.8 Å². The van der Waals surface area contributed by atoms with Gasteiger partial charge >= 0.3 is 0 Å². The van der Waals surface area contributed by atoms with E-state index in [-0.39, 0.29) is 12.9 Å². The number of methoxy groups -OCH3 is 1. The molecule has 0 bridgehead atoms. The van der Waals surface area contributed by atoms with E-state index >= 15 is 0 Å². The number of hydrogen-bond acceptors (Lipinski definition) is 5. The Kier molecular flexibility index (Phi) is 3.62. The van der Waals surface area contributed by atoms with Crippen molar-refractivity contribution in [3.63, 3.8) is 0 Å². The Labute approximate surface area is 117 Å². The quantitative estimate of drug-likeness (QED) is 0.915. The van der Waals surface area contributed by atoms with Crippen LogP contribution in [0.4, 0.5) is 0 Å². The molecule has 0 fully saturated rings. The van der Waals surface area contributed by atoms with Crippen molar-refractivity contribution in [1.29, 1.82) is 0 Å². The monoisotopic (exact) mass is 276 g/mol. The predicted molar refractivity (Wildman–Crippen MR) is 72.2 cm³/mol. The fraction of sp³-hybridized carbons (Fsp3) is 0.333. The molecule has 20 heavy (non-hydrogen) atoms. The average molecular weight is 276 g/mol. The summed E-state index contributed by atoms with van der Waals surface area (Å²) >= 11 is 0. The molecule has 0 aliphatic carbocycles. The van der Waals surface area contributed by atoms with Crippen molar-refractivity contribution < 1.29 is 24.1 Å². The minimum absolute atomic E-state index is 0.213. The minimum atomic E-state index is -0.926. The van der Waals surface area contributed by atoms with Crippen molar-refractivity contribution in [1.82, 2.24) is 0 Å². The van der Waals surface area contributed by atoms with Crippen LogP contribution in [0.15, 0.2) is 36.1 Å². The Bertz CT molecular complexity index is 549. The first-order valence-corrected chi connectivity index (χ1v) is 6.40. The summed E-state index contributed by atoms with van der Waals surface area (Å²) in [4.78, 5) is 0. The maximum Gasteiger partial charge on any atom is 0.231 e. The molecule has 1 N–H and O–H groups in total. The second kappa shape index (κ2) is 5.56. The summed E-state index contributed by atoms with van der Waals surface area (Å²) in [6.07, 6.45) is 4.85. The molecule has 2 aliphatic heterocycles. The molecule has 3 rings (SSSR count). The van der Waals surface area contributed by atoms with Crippen LogP contribution in [0, 0.1) is 0 Å². The zero-order chi connectivity index (χ0) is 13.9. The molecule has 0 aromatic heterocycles. The summed E-state index contributed by atoms with van der Waals surface area (Å²) in [5.41, 5.74) is 0.987. The number of fused-ring (bicyclic) bond motifs is 1. The van der Waals surface area contributed by atoms with E-state index in [9.17, 15) is 5.11 Å². The van der Waals surface area contributed by atoms with Crippen LogP contribution in [-0.2, 0) is 9.47 Å². The van der Waals surface area contributed by atoms with Crippen LogP contribution in [-0.4, -0.2) is 31.4 Å². The van der Waals surface area contributed by atoms with Crippen LogP contribution in [0.3, 0.4) is 0 Å². The van der Waals surface area contributed by atoms with Crippen LogP contribution in [0.1, 0.15) is 12.0 Å². The Balaban J connectivity index is 1.70. The van der Waals surface area contributed by atoms with Crippen molar-refractivity contribution in [2.75, 3.05) is 13.9 Å². The lowest BCUT2D eigenvalue weighted by Crippen LogP contribution is -2.24. The van der Waals surface area contributed by atoms with Gasteiger partial charge in [0.1, 0.15) is 0 Å². The lowest BCUT2D eigenvalue weighted by Gasteiger charge is -2.23. The van der Waals surface area contributed by atoms with Crippen molar-refractivity contribution in [3.05, 3.63) is 41.7 Å². The molecule has 0 saturated carbocycles. The van der Waals surface area contributed by atoms with Crippen molar-refractivity contribution in [3.8, 4) is 11.5 Å². The Morgan fingerprint density at radius 1 is 1.30 bits per heavy atom. The number of benzene rings is 1. The van der Waals surface area contributed by atoms with Gasteiger partial charge in [0, 0.05) is 12.5 Å². The first-order valence-electron chi connectivity index (χ1n) is 6.40. The summed E-state index contributed by atoms with van der Waals surface area (Å²) in [5, 5.41) is 9.56. The lowest BCUT2D eigenvalue weighted by atomic mass is 10.1. The van der Waals surface area contributed by atoms with Crippen molar-refractivity contribution in [2.24, 2.45) is 0 Å². The highest BCUT2D eigenvalue weighted by Gasteiger charge is 2.20. The molecule has 5 nitrogen and oxygen atoms in total. The summed E-state index contributed by atoms with van der Waals surface area (Å²) in [7, 11) is 1.59. The van der Waals surface area contributed by atoms with Gasteiger partial charge < -0.3 is 24.1 Å². The number of aliphatic hydroxyl groups is 1. The van der Waals surface area contributed by atoms with Crippen LogP contribution in [0.5, 0.6) is 11.5 Å². The molecule has 0 saturated heterocycles. The van der Waals surface area contributed by atoms with Gasteiger partial charge in [-0.25, -0.2) is 0 Å². The largest absolute Gasteiger partial charge is 0.501 e. The third-order valence-electron chi connectivity index (χ3n) is 3.21. The Hall–Kier alpha value is -1.98. The highest BCUT2D eigenvalue weighted by Crippen LogP contribution is 2.33. The van der Waals surface area contributed by atoms with E-state index in [4.69, 9.17) is 18.9 Å². The summed E-state index contributed by atoms with van der Waals surface area (Å²) < 4.78 is 21.1. The van der Waals surface area contributed by atoms with Gasteiger partial charge in [-0.1, -0.05) is 18.2 Å². The maximum absolute atomic E-state index is 9.56. The fourth-order valence-corrected chi connectivity index (χ4v) is 2.19. The molecule has 1 unspecified atom stereocenters. The molecule has 0 spiro atoms. The Morgan fingerprint density at radius 3 is 3.00 bits per heavy atom. The van der Waals surface area contributed by atoms with Gasteiger partial charge in [-0.3, -0.25) is 0 Å². The molecule has 0 amide bonds. The maximum atomic E-state index is 9.56. The zero-order valence-electron chi connectivity index (χ0n) is 11.1. The van der Waals surface area contributed by atoms with E-state index < -0.39 is 6.29 Å². The van der Waals surface area contributed by atoms with Gasteiger partial charge in [-0.15, -0.1) is 0 Å². The molecular formula is C15H16O5. The molecule has 2 heterocycles. The van der Waals surface area contributed by atoms with Crippen LogP contribution >= 0.6 is 0 Å². The molecule has 2 aliphatic rings. The SMILES string of the molecule is COC1=CC(O)O[C@@H](/C=C/c2ccc3c(c2)OCO3)C1. The van der Waals surface area contributed by atoms with E-state index in [1.54, 1.807) is 13.2 Å². The standard InChI is InChI=1S/C15H16O5/c1-17-12-7-11(20-15(16)8-12)4-2-10-3-5-13-14(6-10)19-9-18-13/h2-6,8,11,15-16H,7,9H2,1H3/b4-2+/t11-,15?/m0/s1. The van der Waals surface area contributed by atoms with E-state index in [1.165, 1.54) is 0 Å². The first-order chi connectivity index (χ1) is 9.74. The molecule has 0 radical (unpaired) electrons. The van der Waals surface area contributed by atoms with Gasteiger partial charge in [-0.2, -0.15) is 0 Å². The normalized spacial score (nSPS) is 24.8. The van der Waals surface area contributed by atoms with Gasteiger partial charge in [0.25, 0.3) is 0 Å². The average Bonchev–Trinajstić information content (AvgIpc) is 2.92. The Morgan fingerprint density at radius 2 is 2.15 bits per heavy atom.